The van der Waals surface area contributed by atoms with Crippen LogP contribution in [0.25, 0.3) is 42.3 Å². The first-order valence-corrected chi connectivity index (χ1v) is 18.5. The predicted molar refractivity (Wildman–Crippen MR) is 215 cm³/mol. The number of anilines is 3. The lowest BCUT2D eigenvalue weighted by atomic mass is 9.87. The van der Waals surface area contributed by atoms with Gasteiger partial charge in [-0.25, -0.2) is 4.98 Å². The van der Waals surface area contributed by atoms with Crippen molar-refractivity contribution in [3.05, 3.63) is 125 Å². The van der Waals surface area contributed by atoms with E-state index >= 15 is 0 Å². The molecule has 0 saturated carbocycles. The van der Waals surface area contributed by atoms with Crippen LogP contribution in [0, 0.1) is 12.3 Å². The van der Waals surface area contributed by atoms with Crippen LogP contribution in [0.1, 0.15) is 98.7 Å². The molecule has 0 aliphatic carbocycles. The summed E-state index contributed by atoms with van der Waals surface area (Å²) in [5, 5.41) is 7.27. The molecule has 3 aromatic heterocycles. The summed E-state index contributed by atoms with van der Waals surface area (Å²) in [4.78, 5) is 13.5. The number of hydrogen-bond donors (Lipinski definition) is 1. The molecule has 4 nitrogen and oxygen atoms in total. The van der Waals surface area contributed by atoms with Gasteiger partial charge >= 0.3 is 0 Å². The first-order chi connectivity index (χ1) is 25.2. The maximum atomic E-state index is 8.08. The molecule has 0 spiro atoms. The van der Waals surface area contributed by atoms with Crippen molar-refractivity contribution in [2.45, 2.75) is 79.7 Å². The first-order valence-electron chi connectivity index (χ1n) is 19.2. The van der Waals surface area contributed by atoms with Crippen molar-refractivity contribution in [3.63, 3.8) is 0 Å². The van der Waals surface area contributed by atoms with Gasteiger partial charge < -0.3 is 10.2 Å². The average molecular weight is 678 g/mol. The van der Waals surface area contributed by atoms with Gasteiger partial charge in [0.25, 0.3) is 0 Å². The van der Waals surface area contributed by atoms with Crippen LogP contribution in [0.3, 0.4) is 0 Å². The van der Waals surface area contributed by atoms with E-state index in [4.69, 9.17) is 14.1 Å². The van der Waals surface area contributed by atoms with Crippen LogP contribution in [0.4, 0.5) is 17.1 Å². The number of aryl methyl sites for hydroxylation is 1. The summed E-state index contributed by atoms with van der Waals surface area (Å²) in [5.74, 6) is 0.438. The van der Waals surface area contributed by atoms with Gasteiger partial charge in [-0.2, -0.15) is 0 Å². The zero-order valence-corrected chi connectivity index (χ0v) is 30.7. The Morgan fingerprint density at radius 2 is 1.50 bits per heavy atom. The van der Waals surface area contributed by atoms with Gasteiger partial charge in [0.05, 0.1) is 22.6 Å². The lowest BCUT2D eigenvalue weighted by molar-refractivity contribution is 0.407. The molecule has 5 heteroatoms. The maximum absolute atomic E-state index is 8.08. The highest BCUT2D eigenvalue weighted by atomic mass is 32.1. The normalized spacial score (nSPS) is 15.9. The van der Waals surface area contributed by atoms with Crippen LogP contribution in [0.15, 0.2) is 97.1 Å². The van der Waals surface area contributed by atoms with E-state index in [1.165, 1.54) is 49.0 Å². The Morgan fingerprint density at radius 3 is 2.20 bits per heavy atom. The van der Waals surface area contributed by atoms with Gasteiger partial charge in [-0.1, -0.05) is 97.0 Å². The maximum Gasteiger partial charge on any atom is 0.132 e. The fourth-order valence-corrected chi connectivity index (χ4v) is 8.82. The van der Waals surface area contributed by atoms with Gasteiger partial charge in [0.1, 0.15) is 11.0 Å². The van der Waals surface area contributed by atoms with E-state index in [2.05, 4.69) is 138 Å². The van der Waals surface area contributed by atoms with E-state index in [-0.39, 0.29) is 29.1 Å². The lowest BCUT2D eigenvalue weighted by Gasteiger charge is -2.34. The fourth-order valence-electron chi connectivity index (χ4n) is 7.60. The number of aromatic nitrogens is 2. The number of hydrogen-bond acceptors (Lipinski definition) is 5. The SMILES string of the molecule is [2H]C([2H])([2H])c1ccc2c3c(ccc2n1)NC(c1cccc2c1sc1nc(CC(C)(C)C)ccc12)N3c1c(C(C)C)cc(-c2ccccc2)cc1C(C)C. The van der Waals surface area contributed by atoms with E-state index in [0.717, 1.165) is 33.7 Å². The second-order valence-corrected chi connectivity index (χ2v) is 16.5. The number of nitrogens with zero attached hydrogens (tertiary/aromatic N) is 3. The number of rotatable bonds is 6. The Hall–Kier alpha value is -4.74. The van der Waals surface area contributed by atoms with Crippen molar-refractivity contribution in [2.75, 3.05) is 10.2 Å². The minimum Gasteiger partial charge on any atom is -0.359 e. The van der Waals surface area contributed by atoms with Crippen molar-refractivity contribution in [1.29, 1.82) is 0 Å². The van der Waals surface area contributed by atoms with E-state index in [0.29, 0.717) is 5.52 Å². The van der Waals surface area contributed by atoms with Crippen molar-refractivity contribution in [1.82, 2.24) is 9.97 Å². The third-order valence-corrected chi connectivity index (χ3v) is 11.0. The number of thiophene rings is 1. The molecule has 0 bridgehead atoms. The molecule has 1 aliphatic heterocycles. The molecule has 50 heavy (non-hydrogen) atoms. The summed E-state index contributed by atoms with van der Waals surface area (Å²) in [6.07, 6.45) is 0.665. The van der Waals surface area contributed by atoms with Crippen LogP contribution in [0.5, 0.6) is 0 Å². The molecule has 1 N–H and O–H groups in total. The second kappa shape index (κ2) is 12.2. The summed E-state index contributed by atoms with van der Waals surface area (Å²) >= 11 is 1.77. The Labute approximate surface area is 304 Å². The molecule has 1 unspecified atom stereocenters. The van der Waals surface area contributed by atoms with Crippen LogP contribution in [0.2, 0.25) is 0 Å². The molecule has 8 rings (SSSR count). The van der Waals surface area contributed by atoms with E-state index in [1.54, 1.807) is 17.4 Å². The summed E-state index contributed by atoms with van der Waals surface area (Å²) in [6, 6.07) is 34.1. The minimum atomic E-state index is -2.30. The Kier molecular flexibility index (Phi) is 7.11. The molecule has 252 valence electrons. The van der Waals surface area contributed by atoms with Gasteiger partial charge in [0.2, 0.25) is 0 Å². The summed E-state index contributed by atoms with van der Waals surface area (Å²) in [6.45, 7) is 13.6. The van der Waals surface area contributed by atoms with E-state index < -0.39 is 6.85 Å². The molecular weight excluding hydrogens is 629 g/mol. The van der Waals surface area contributed by atoms with Crippen molar-refractivity contribution in [3.8, 4) is 11.1 Å². The number of pyridine rings is 2. The average Bonchev–Trinajstić information content (AvgIpc) is 3.68. The Morgan fingerprint density at radius 1 is 0.760 bits per heavy atom. The molecule has 0 radical (unpaired) electrons. The monoisotopic (exact) mass is 677 g/mol. The summed E-state index contributed by atoms with van der Waals surface area (Å²) in [5.41, 5.74) is 11.3. The molecule has 7 aromatic rings. The van der Waals surface area contributed by atoms with Crippen LogP contribution in [-0.2, 0) is 6.42 Å². The number of fused-ring (bicyclic) bond motifs is 6. The number of nitrogens with one attached hydrogen (secondary N) is 1. The van der Waals surface area contributed by atoms with Crippen molar-refractivity contribution < 1.29 is 4.11 Å². The molecular formula is C45H46N4S. The molecule has 1 atom stereocenters. The second-order valence-electron chi connectivity index (χ2n) is 15.5. The summed E-state index contributed by atoms with van der Waals surface area (Å²) < 4.78 is 25.5. The lowest BCUT2D eigenvalue weighted by Crippen LogP contribution is -2.26. The zero-order chi connectivity index (χ0) is 37.4. The molecule has 4 aromatic carbocycles. The van der Waals surface area contributed by atoms with E-state index in [9.17, 15) is 0 Å². The van der Waals surface area contributed by atoms with Crippen LogP contribution >= 0.6 is 11.3 Å². The fraction of sp³-hybridized carbons (Fsp3) is 0.289. The van der Waals surface area contributed by atoms with Crippen LogP contribution in [-0.4, -0.2) is 9.97 Å². The largest absolute Gasteiger partial charge is 0.359 e. The van der Waals surface area contributed by atoms with Gasteiger partial charge in [-0.3, -0.25) is 4.98 Å². The Bertz CT molecular complexity index is 2480. The quantitative estimate of drug-likeness (QED) is 0.190. The minimum absolute atomic E-state index is 0.102. The van der Waals surface area contributed by atoms with Crippen molar-refractivity contribution >= 4 is 59.6 Å². The molecule has 0 fully saturated rings. The van der Waals surface area contributed by atoms with Crippen molar-refractivity contribution in [2.24, 2.45) is 5.41 Å². The summed E-state index contributed by atoms with van der Waals surface area (Å²) in [7, 11) is 0. The van der Waals surface area contributed by atoms with Gasteiger partial charge in [0, 0.05) is 41.9 Å². The van der Waals surface area contributed by atoms with Gasteiger partial charge in [-0.15, -0.1) is 11.3 Å². The zero-order valence-electron chi connectivity index (χ0n) is 32.9. The van der Waals surface area contributed by atoms with Gasteiger partial charge in [-0.05, 0) is 101 Å². The highest BCUT2D eigenvalue weighted by molar-refractivity contribution is 7.25. The third-order valence-electron chi connectivity index (χ3n) is 9.85. The highest BCUT2D eigenvalue weighted by Crippen LogP contribution is 2.55. The van der Waals surface area contributed by atoms with Gasteiger partial charge in [0.15, 0.2) is 0 Å². The standard InChI is InChI=1S/C45H46N4S/c1-26(2)36-23-30(29-13-10-9-11-14-29)24-37(27(3)4)40(36)49-41-34-19-17-28(5)46-38(34)21-22-39(41)48-43(49)35-16-12-15-32-33-20-18-31(25-45(6,7)8)47-44(33)50-42(32)35/h9-24,26-27,43,48H,25H2,1-8H3/i5D3. The molecule has 0 saturated heterocycles. The highest BCUT2D eigenvalue weighted by Gasteiger charge is 2.37. The molecule has 4 heterocycles. The van der Waals surface area contributed by atoms with E-state index in [1.807, 2.05) is 12.1 Å². The number of benzene rings is 4. The topological polar surface area (TPSA) is 41.1 Å². The third kappa shape index (κ3) is 5.62. The Balaban J connectivity index is 1.41. The molecule has 0 amide bonds. The smallest absolute Gasteiger partial charge is 0.132 e. The van der Waals surface area contributed by atoms with Crippen LogP contribution < -0.4 is 10.2 Å². The first kappa shape index (κ1) is 29.0. The molecule has 1 aliphatic rings. The predicted octanol–water partition coefficient (Wildman–Crippen LogP) is 13.1.